The highest BCUT2D eigenvalue weighted by Gasteiger charge is 2.17. The van der Waals surface area contributed by atoms with Crippen LogP contribution in [0.3, 0.4) is 0 Å². The normalized spacial score (nSPS) is 11.8. The van der Waals surface area contributed by atoms with E-state index in [2.05, 4.69) is 10.1 Å². The van der Waals surface area contributed by atoms with Gasteiger partial charge in [-0.05, 0) is 65.8 Å². The molecule has 0 bridgehead atoms. The van der Waals surface area contributed by atoms with Gasteiger partial charge in [0.05, 0.1) is 23.3 Å². The van der Waals surface area contributed by atoms with Crippen molar-refractivity contribution in [1.29, 1.82) is 5.26 Å². The average Bonchev–Trinajstić information content (AvgIpc) is 2.77. The first-order chi connectivity index (χ1) is 14.9. The zero-order valence-corrected chi connectivity index (χ0v) is 19.6. The number of halogens is 1. The van der Waals surface area contributed by atoms with Gasteiger partial charge in [-0.25, -0.2) is 4.79 Å². The minimum absolute atomic E-state index is 0.0377. The lowest BCUT2D eigenvalue weighted by Crippen LogP contribution is -2.27. The molecule has 0 spiro atoms. The van der Waals surface area contributed by atoms with Crippen LogP contribution in [-0.4, -0.2) is 32.2 Å². The first kappa shape index (κ1) is 24.2. The van der Waals surface area contributed by atoms with Crippen molar-refractivity contribution in [3.8, 4) is 17.6 Å². The molecule has 1 amide bonds. The Morgan fingerprint density at radius 3 is 2.55 bits per heavy atom. The van der Waals surface area contributed by atoms with Crippen LogP contribution < -0.4 is 14.8 Å². The fourth-order valence-corrected chi connectivity index (χ4v) is 3.46. The molecule has 0 fully saturated rings. The van der Waals surface area contributed by atoms with Gasteiger partial charge in [-0.15, -0.1) is 0 Å². The molecule has 2 aromatic carbocycles. The Bertz CT molecular complexity index is 999. The van der Waals surface area contributed by atoms with Crippen LogP contribution in [0.1, 0.15) is 31.0 Å². The molecule has 7 nitrogen and oxygen atoms in total. The van der Waals surface area contributed by atoms with Gasteiger partial charge in [0.1, 0.15) is 11.6 Å². The van der Waals surface area contributed by atoms with Gasteiger partial charge in [0, 0.05) is 0 Å². The number of rotatable bonds is 9. The number of carbonyl (C=O) groups is 2. The number of nitrogens with one attached hydrogen (secondary N) is 1. The van der Waals surface area contributed by atoms with Gasteiger partial charge in [0.15, 0.2) is 18.1 Å². The molecule has 0 radical (unpaired) electrons. The highest BCUT2D eigenvalue weighted by Crippen LogP contribution is 2.35. The molecule has 31 heavy (non-hydrogen) atoms. The summed E-state index contributed by atoms with van der Waals surface area (Å²) in [6, 6.07) is 14.6. The molecule has 1 atom stereocenters. The molecule has 0 heterocycles. The number of amides is 1. The molecule has 2 aromatic rings. The molecule has 1 N–H and O–H groups in total. The number of hydrogen-bond acceptors (Lipinski definition) is 6. The lowest BCUT2D eigenvalue weighted by Gasteiger charge is -2.15. The van der Waals surface area contributed by atoms with Gasteiger partial charge in [-0.1, -0.05) is 30.3 Å². The summed E-state index contributed by atoms with van der Waals surface area (Å²) in [5.74, 6) is -0.193. The van der Waals surface area contributed by atoms with Gasteiger partial charge in [0.2, 0.25) is 0 Å². The van der Waals surface area contributed by atoms with Crippen LogP contribution in [0.2, 0.25) is 0 Å². The van der Waals surface area contributed by atoms with E-state index >= 15 is 0 Å². The van der Waals surface area contributed by atoms with Crippen LogP contribution in [0.25, 0.3) is 6.08 Å². The molecule has 0 unspecified atom stereocenters. The zero-order chi connectivity index (χ0) is 22.8. The second-order valence-corrected chi connectivity index (χ2v) is 7.57. The minimum Gasteiger partial charge on any atom is -0.490 e. The van der Waals surface area contributed by atoms with E-state index in [9.17, 15) is 14.9 Å². The van der Waals surface area contributed by atoms with E-state index in [0.29, 0.717) is 27.2 Å². The van der Waals surface area contributed by atoms with Crippen molar-refractivity contribution >= 4 is 40.5 Å². The lowest BCUT2D eigenvalue weighted by molar-refractivity contribution is -0.143. The van der Waals surface area contributed by atoms with Crippen molar-refractivity contribution in [3.63, 3.8) is 0 Å². The predicted molar refractivity (Wildman–Crippen MR) is 124 cm³/mol. The number of carbonyl (C=O) groups excluding carboxylic acids is 2. The Labute approximate surface area is 195 Å². The first-order valence-electron chi connectivity index (χ1n) is 9.53. The third-order valence-electron chi connectivity index (χ3n) is 4.22. The molecule has 0 aliphatic heterocycles. The first-order valence-corrected chi connectivity index (χ1v) is 10.6. The van der Waals surface area contributed by atoms with Crippen LogP contribution >= 0.6 is 22.6 Å². The van der Waals surface area contributed by atoms with Crippen molar-refractivity contribution < 1.29 is 23.8 Å². The van der Waals surface area contributed by atoms with E-state index in [4.69, 9.17) is 9.47 Å². The predicted octanol–water partition coefficient (Wildman–Crippen LogP) is 4.03. The van der Waals surface area contributed by atoms with Crippen molar-refractivity contribution in [1.82, 2.24) is 5.32 Å². The van der Waals surface area contributed by atoms with Crippen molar-refractivity contribution in [3.05, 3.63) is 62.7 Å². The number of hydrogen-bond donors (Lipinski definition) is 1. The van der Waals surface area contributed by atoms with E-state index in [0.717, 1.165) is 5.56 Å². The summed E-state index contributed by atoms with van der Waals surface area (Å²) in [5.41, 5.74) is 1.50. The molecule has 8 heteroatoms. The van der Waals surface area contributed by atoms with E-state index in [1.54, 1.807) is 12.1 Å². The number of ether oxygens (including phenoxy) is 3. The van der Waals surface area contributed by atoms with Crippen LogP contribution in [0, 0.1) is 14.9 Å². The van der Waals surface area contributed by atoms with Gasteiger partial charge < -0.3 is 19.5 Å². The Kier molecular flexibility index (Phi) is 9.34. The Morgan fingerprint density at radius 1 is 1.23 bits per heavy atom. The Hall–Kier alpha value is -3.06. The van der Waals surface area contributed by atoms with E-state index < -0.39 is 11.9 Å². The summed E-state index contributed by atoms with van der Waals surface area (Å²) in [4.78, 5) is 24.0. The van der Waals surface area contributed by atoms with Crippen molar-refractivity contribution in [2.75, 3.05) is 20.3 Å². The largest absolute Gasteiger partial charge is 0.490 e. The van der Waals surface area contributed by atoms with Crippen molar-refractivity contribution in [2.45, 2.75) is 19.9 Å². The van der Waals surface area contributed by atoms with Crippen LogP contribution in [0.4, 0.5) is 0 Å². The van der Waals surface area contributed by atoms with Crippen LogP contribution in [-0.2, 0) is 14.3 Å². The van der Waals surface area contributed by atoms with Gasteiger partial charge >= 0.3 is 5.97 Å². The topological polar surface area (TPSA) is 97.6 Å². The standard InChI is InChI=1S/C23H23IN2O5/c1-4-30-20-12-16(11-19(24)22(20)31-14-21(27)29-3)10-18(13-25)23(28)26-15(2)17-8-6-5-7-9-17/h5-12,15H,4,14H2,1-3H3,(H,26,28)/b18-10-/t15-/m0/s1. The molecular formula is C23H23IN2O5. The van der Waals surface area contributed by atoms with Gasteiger partial charge in [-0.2, -0.15) is 5.26 Å². The molecule has 0 saturated heterocycles. The Balaban J connectivity index is 2.27. The lowest BCUT2D eigenvalue weighted by atomic mass is 10.1. The second-order valence-electron chi connectivity index (χ2n) is 6.40. The summed E-state index contributed by atoms with van der Waals surface area (Å²) in [7, 11) is 1.28. The number of nitrogens with zero attached hydrogens (tertiary/aromatic N) is 1. The second kappa shape index (κ2) is 12.0. The number of nitriles is 1. The quantitative estimate of drug-likeness (QED) is 0.226. The maximum Gasteiger partial charge on any atom is 0.343 e. The number of esters is 1. The van der Waals surface area contributed by atoms with Gasteiger partial charge in [-0.3, -0.25) is 4.79 Å². The Morgan fingerprint density at radius 2 is 1.94 bits per heavy atom. The smallest absolute Gasteiger partial charge is 0.343 e. The maximum absolute atomic E-state index is 12.6. The van der Waals surface area contributed by atoms with Crippen LogP contribution in [0.5, 0.6) is 11.5 Å². The third-order valence-corrected chi connectivity index (χ3v) is 5.02. The summed E-state index contributed by atoms with van der Waals surface area (Å²) in [6.45, 7) is 3.79. The molecule has 0 saturated carbocycles. The van der Waals surface area contributed by atoms with Crippen LogP contribution in [0.15, 0.2) is 48.0 Å². The molecule has 0 aliphatic carbocycles. The fraction of sp³-hybridized carbons (Fsp3) is 0.261. The van der Waals surface area contributed by atoms with Crippen molar-refractivity contribution in [2.24, 2.45) is 0 Å². The zero-order valence-electron chi connectivity index (χ0n) is 17.5. The molecular weight excluding hydrogens is 511 g/mol. The van der Waals surface area contributed by atoms with Gasteiger partial charge in [0.25, 0.3) is 5.91 Å². The summed E-state index contributed by atoms with van der Waals surface area (Å²) < 4.78 is 16.4. The monoisotopic (exact) mass is 534 g/mol. The van der Waals surface area contributed by atoms with E-state index in [1.807, 2.05) is 72.8 Å². The minimum atomic E-state index is -0.516. The molecule has 162 valence electrons. The summed E-state index contributed by atoms with van der Waals surface area (Å²) >= 11 is 2.04. The molecule has 0 aromatic heterocycles. The summed E-state index contributed by atoms with van der Waals surface area (Å²) in [6.07, 6.45) is 1.49. The molecule has 0 aliphatic rings. The van der Waals surface area contributed by atoms with E-state index in [1.165, 1.54) is 13.2 Å². The number of benzene rings is 2. The van der Waals surface area contributed by atoms with E-state index in [-0.39, 0.29) is 18.2 Å². The highest BCUT2D eigenvalue weighted by molar-refractivity contribution is 14.1. The third kappa shape index (κ3) is 7.00. The summed E-state index contributed by atoms with van der Waals surface area (Å²) in [5, 5.41) is 12.4. The fourth-order valence-electron chi connectivity index (χ4n) is 2.68. The SMILES string of the molecule is CCOc1cc(/C=C(/C#N)C(=O)N[C@@H](C)c2ccccc2)cc(I)c1OCC(=O)OC. The molecule has 2 rings (SSSR count). The number of methoxy groups -OCH3 is 1. The average molecular weight is 534 g/mol. The highest BCUT2D eigenvalue weighted by atomic mass is 127. The maximum atomic E-state index is 12.6.